The topological polar surface area (TPSA) is 88.1 Å². The number of urea groups is 1. The van der Waals surface area contributed by atoms with E-state index < -0.39 is 5.97 Å². The Morgan fingerprint density at radius 1 is 1.22 bits per heavy atom. The number of aliphatic carboxylic acids is 1. The molecule has 0 radical (unpaired) electrons. The van der Waals surface area contributed by atoms with E-state index in [1.54, 1.807) is 4.90 Å². The molecule has 0 atom stereocenters. The number of likely N-dealkylation sites (tertiary alicyclic amines) is 1. The summed E-state index contributed by atoms with van der Waals surface area (Å²) >= 11 is 0. The van der Waals surface area contributed by atoms with Crippen LogP contribution >= 0.6 is 0 Å². The Balaban J connectivity index is 1.54. The van der Waals surface area contributed by atoms with E-state index in [1.807, 2.05) is 25.1 Å². The van der Waals surface area contributed by atoms with Gasteiger partial charge in [-0.1, -0.05) is 6.07 Å². The van der Waals surface area contributed by atoms with Gasteiger partial charge in [0.25, 0.3) is 0 Å². The molecule has 2 heterocycles. The first kappa shape index (κ1) is 19.5. The van der Waals surface area contributed by atoms with E-state index in [4.69, 9.17) is 14.6 Å². The van der Waals surface area contributed by atoms with E-state index in [1.165, 1.54) is 0 Å². The van der Waals surface area contributed by atoms with Gasteiger partial charge in [-0.2, -0.15) is 0 Å². The average Bonchev–Trinajstić information content (AvgIpc) is 2.69. The van der Waals surface area contributed by atoms with Crippen LogP contribution in [0.4, 0.5) is 10.5 Å². The molecule has 2 saturated heterocycles. The minimum absolute atomic E-state index is 0.196. The first-order valence-corrected chi connectivity index (χ1v) is 9.63. The lowest BCUT2D eigenvalue weighted by Gasteiger charge is -2.30. The maximum atomic E-state index is 12.5. The zero-order valence-electron chi connectivity index (χ0n) is 15.8. The number of amides is 2. The van der Waals surface area contributed by atoms with Gasteiger partial charge >= 0.3 is 12.0 Å². The molecule has 3 rings (SSSR count). The number of aryl methyl sites for hydroxylation is 1. The zero-order valence-corrected chi connectivity index (χ0v) is 15.8. The Labute approximate surface area is 159 Å². The third-order valence-corrected chi connectivity index (χ3v) is 5.39. The Bertz CT molecular complexity index is 664. The summed E-state index contributed by atoms with van der Waals surface area (Å²) in [6.45, 7) is 5.15. The number of nitrogens with one attached hydrogen (secondary N) is 1. The highest BCUT2D eigenvalue weighted by molar-refractivity contribution is 5.89. The van der Waals surface area contributed by atoms with Crippen molar-refractivity contribution in [1.29, 1.82) is 0 Å². The summed E-state index contributed by atoms with van der Waals surface area (Å²) in [6, 6.07) is 5.46. The fourth-order valence-electron chi connectivity index (χ4n) is 3.49. The molecule has 0 spiro atoms. The standard InChI is InChI=1S/C20H28N2O5/c1-14-2-3-17(12-18(14)27-13-15-6-10-26-11-7-15)21-20(25)22-8-4-16(5-9-22)19(23)24/h2-3,12,15-16H,4-11,13H2,1H3,(H,21,25)(H,23,24). The van der Waals surface area contributed by atoms with E-state index in [9.17, 15) is 9.59 Å². The van der Waals surface area contributed by atoms with Crippen LogP contribution in [0.1, 0.15) is 31.2 Å². The van der Waals surface area contributed by atoms with E-state index >= 15 is 0 Å². The Kier molecular flexibility index (Phi) is 6.55. The highest BCUT2D eigenvalue weighted by atomic mass is 16.5. The number of piperidine rings is 1. The van der Waals surface area contributed by atoms with Crippen LogP contribution < -0.4 is 10.1 Å². The van der Waals surface area contributed by atoms with Crippen molar-refractivity contribution < 1.29 is 24.2 Å². The number of rotatable bonds is 5. The van der Waals surface area contributed by atoms with E-state index in [0.29, 0.717) is 44.1 Å². The number of carbonyl (C=O) groups excluding carboxylic acids is 1. The van der Waals surface area contributed by atoms with E-state index in [0.717, 1.165) is 37.4 Å². The minimum atomic E-state index is -0.778. The molecule has 1 aromatic carbocycles. The highest BCUT2D eigenvalue weighted by Crippen LogP contribution is 2.25. The SMILES string of the molecule is Cc1ccc(NC(=O)N2CCC(C(=O)O)CC2)cc1OCC1CCOCC1. The molecular formula is C20H28N2O5. The number of ether oxygens (including phenoxy) is 2. The molecule has 0 saturated carbocycles. The molecule has 27 heavy (non-hydrogen) atoms. The normalized spacial score (nSPS) is 18.9. The molecule has 2 aliphatic rings. The predicted octanol–water partition coefficient (Wildman–Crippen LogP) is 3.13. The van der Waals surface area contributed by atoms with Gasteiger partial charge in [0.1, 0.15) is 5.75 Å². The number of hydrogen-bond acceptors (Lipinski definition) is 4. The van der Waals surface area contributed by atoms with Crippen molar-refractivity contribution >= 4 is 17.7 Å². The van der Waals surface area contributed by atoms with Crippen molar-refractivity contribution in [3.05, 3.63) is 23.8 Å². The minimum Gasteiger partial charge on any atom is -0.493 e. The Morgan fingerprint density at radius 3 is 2.59 bits per heavy atom. The van der Waals surface area contributed by atoms with Crippen molar-refractivity contribution in [3.8, 4) is 5.75 Å². The highest BCUT2D eigenvalue weighted by Gasteiger charge is 2.27. The second kappa shape index (κ2) is 9.08. The largest absolute Gasteiger partial charge is 0.493 e. The summed E-state index contributed by atoms with van der Waals surface area (Å²) in [7, 11) is 0. The molecule has 2 fully saturated rings. The van der Waals surface area contributed by atoms with Gasteiger partial charge in [-0.25, -0.2) is 4.79 Å². The monoisotopic (exact) mass is 376 g/mol. The molecule has 0 aromatic heterocycles. The van der Waals surface area contributed by atoms with E-state index in [2.05, 4.69) is 5.32 Å². The molecular weight excluding hydrogens is 348 g/mol. The number of anilines is 1. The van der Waals surface area contributed by atoms with Crippen LogP contribution in [-0.4, -0.2) is 54.9 Å². The maximum absolute atomic E-state index is 12.5. The number of benzene rings is 1. The molecule has 7 nitrogen and oxygen atoms in total. The van der Waals surface area contributed by atoms with Crippen LogP contribution in [0.25, 0.3) is 0 Å². The molecule has 0 bridgehead atoms. The van der Waals surface area contributed by atoms with Crippen molar-refractivity contribution in [3.63, 3.8) is 0 Å². The summed E-state index contributed by atoms with van der Waals surface area (Å²) in [6.07, 6.45) is 3.02. The van der Waals surface area contributed by atoms with Crippen molar-refractivity contribution in [2.75, 3.05) is 38.2 Å². The van der Waals surface area contributed by atoms with Crippen LogP contribution in [0.2, 0.25) is 0 Å². The summed E-state index contributed by atoms with van der Waals surface area (Å²) in [5.74, 6) is 0.161. The second-order valence-electron chi connectivity index (χ2n) is 7.38. The summed E-state index contributed by atoms with van der Waals surface area (Å²) in [5.41, 5.74) is 1.72. The third-order valence-electron chi connectivity index (χ3n) is 5.39. The Hall–Kier alpha value is -2.28. The first-order chi connectivity index (χ1) is 13.0. The average molecular weight is 376 g/mol. The molecule has 148 valence electrons. The molecule has 2 amide bonds. The summed E-state index contributed by atoms with van der Waals surface area (Å²) < 4.78 is 11.4. The molecule has 2 aliphatic heterocycles. The first-order valence-electron chi connectivity index (χ1n) is 9.63. The van der Waals surface area contributed by atoms with Crippen molar-refractivity contribution in [1.82, 2.24) is 4.90 Å². The van der Waals surface area contributed by atoms with Crippen LogP contribution in [0, 0.1) is 18.8 Å². The smallest absolute Gasteiger partial charge is 0.321 e. The van der Waals surface area contributed by atoms with Gasteiger partial charge in [0, 0.05) is 38.1 Å². The maximum Gasteiger partial charge on any atom is 0.321 e. The molecule has 0 aliphatic carbocycles. The number of carbonyl (C=O) groups is 2. The van der Waals surface area contributed by atoms with Crippen molar-refractivity contribution in [2.45, 2.75) is 32.6 Å². The van der Waals surface area contributed by atoms with Crippen LogP contribution in [0.15, 0.2) is 18.2 Å². The Morgan fingerprint density at radius 2 is 1.93 bits per heavy atom. The molecule has 1 aromatic rings. The van der Waals surface area contributed by atoms with Crippen LogP contribution in [0.3, 0.4) is 0 Å². The lowest BCUT2D eigenvalue weighted by molar-refractivity contribution is -0.143. The van der Waals surface area contributed by atoms with Gasteiger partial charge in [0.2, 0.25) is 0 Å². The summed E-state index contributed by atoms with van der Waals surface area (Å²) in [5, 5.41) is 12.0. The zero-order chi connectivity index (χ0) is 19.2. The lowest BCUT2D eigenvalue weighted by atomic mass is 9.97. The molecule has 7 heteroatoms. The third kappa shape index (κ3) is 5.35. The lowest BCUT2D eigenvalue weighted by Crippen LogP contribution is -2.42. The fraction of sp³-hybridized carbons (Fsp3) is 0.600. The van der Waals surface area contributed by atoms with E-state index in [-0.39, 0.29) is 11.9 Å². The van der Waals surface area contributed by atoms with Crippen LogP contribution in [-0.2, 0) is 9.53 Å². The predicted molar refractivity (Wildman–Crippen MR) is 101 cm³/mol. The fourth-order valence-corrected chi connectivity index (χ4v) is 3.49. The van der Waals surface area contributed by atoms with Gasteiger partial charge < -0.3 is 24.8 Å². The van der Waals surface area contributed by atoms with Gasteiger partial charge in [0.15, 0.2) is 0 Å². The van der Waals surface area contributed by atoms with Crippen molar-refractivity contribution in [2.24, 2.45) is 11.8 Å². The number of carboxylic acids is 1. The number of carboxylic acid groups (broad SMARTS) is 1. The number of hydrogen-bond donors (Lipinski definition) is 2. The molecule has 2 N–H and O–H groups in total. The van der Waals surface area contributed by atoms with Gasteiger partial charge in [0.05, 0.1) is 12.5 Å². The quantitative estimate of drug-likeness (QED) is 0.824. The van der Waals surface area contributed by atoms with Crippen LogP contribution in [0.5, 0.6) is 5.75 Å². The number of nitrogens with zero attached hydrogens (tertiary/aromatic N) is 1. The summed E-state index contributed by atoms with van der Waals surface area (Å²) in [4.78, 5) is 25.2. The second-order valence-corrected chi connectivity index (χ2v) is 7.38. The van der Waals surface area contributed by atoms with Gasteiger partial charge in [-0.15, -0.1) is 0 Å². The van der Waals surface area contributed by atoms with Gasteiger partial charge in [-0.3, -0.25) is 4.79 Å². The van der Waals surface area contributed by atoms with Gasteiger partial charge in [-0.05, 0) is 50.2 Å². The molecule has 0 unspecified atom stereocenters.